The Morgan fingerprint density at radius 2 is 1.89 bits per heavy atom. The van der Waals surface area contributed by atoms with Crippen molar-refractivity contribution in [2.24, 2.45) is 0 Å². The summed E-state index contributed by atoms with van der Waals surface area (Å²) < 4.78 is 37.4. The fraction of sp³-hybridized carbons (Fsp3) is 0.389. The highest BCUT2D eigenvalue weighted by atomic mass is 35.5. The summed E-state index contributed by atoms with van der Waals surface area (Å²) in [4.78, 5) is 4.50. The van der Waals surface area contributed by atoms with Gasteiger partial charge in [-0.2, -0.15) is 4.31 Å². The zero-order valence-corrected chi connectivity index (χ0v) is 17.1. The molecular weight excluding hydrogens is 408 g/mol. The van der Waals surface area contributed by atoms with Crippen LogP contribution in [0.2, 0.25) is 5.02 Å². The molecule has 0 radical (unpaired) electrons. The third-order valence-corrected chi connectivity index (χ3v) is 7.10. The number of rotatable bonds is 8. The largest absolute Gasteiger partial charge is 0.494 e. The van der Waals surface area contributed by atoms with E-state index < -0.39 is 10.0 Å². The Labute approximate surface area is 168 Å². The summed E-state index contributed by atoms with van der Waals surface area (Å²) in [6.45, 7) is 2.22. The molecule has 0 spiro atoms. The zero-order valence-electron chi connectivity index (χ0n) is 14.7. The number of thioether (sulfide) groups is 1. The van der Waals surface area contributed by atoms with Crippen molar-refractivity contribution in [2.45, 2.75) is 16.3 Å². The highest BCUT2D eigenvalue weighted by Crippen LogP contribution is 2.21. The summed E-state index contributed by atoms with van der Waals surface area (Å²) in [5.41, 5.74) is 0. The molecule has 2 aromatic rings. The molecule has 1 aromatic heterocycles. The standard InChI is InChI=1S/C18H21ClN2O4S2/c19-15-2-4-16(5-3-15)25-10-1-13-26-18-7-6-17(14-20-18)27(22,23)21-8-11-24-12-9-21/h2-7,14H,1,8-13H2. The van der Waals surface area contributed by atoms with E-state index in [1.165, 1.54) is 10.5 Å². The molecule has 0 amide bonds. The molecular formula is C18H21ClN2O4S2. The fourth-order valence-corrected chi connectivity index (χ4v) is 4.74. The lowest BCUT2D eigenvalue weighted by Crippen LogP contribution is -2.40. The number of benzene rings is 1. The predicted octanol–water partition coefficient (Wildman–Crippen LogP) is 3.32. The highest BCUT2D eigenvalue weighted by Gasteiger charge is 2.26. The molecule has 1 aliphatic rings. The second-order valence-electron chi connectivity index (χ2n) is 5.85. The van der Waals surface area contributed by atoms with Crippen molar-refractivity contribution < 1.29 is 17.9 Å². The van der Waals surface area contributed by atoms with Crippen LogP contribution in [0.15, 0.2) is 52.5 Å². The quantitative estimate of drug-likeness (QED) is 0.474. The van der Waals surface area contributed by atoms with Crippen LogP contribution in [0.5, 0.6) is 5.75 Å². The topological polar surface area (TPSA) is 68.7 Å². The predicted molar refractivity (Wildman–Crippen MR) is 106 cm³/mol. The van der Waals surface area contributed by atoms with Gasteiger partial charge in [0.2, 0.25) is 10.0 Å². The molecule has 9 heteroatoms. The van der Waals surface area contributed by atoms with Crippen LogP contribution in [0.4, 0.5) is 0 Å². The van der Waals surface area contributed by atoms with Crippen molar-refractivity contribution in [1.29, 1.82) is 0 Å². The number of hydrogen-bond donors (Lipinski definition) is 0. The normalized spacial score (nSPS) is 15.6. The Hall–Kier alpha value is -1.32. The van der Waals surface area contributed by atoms with Gasteiger partial charge in [-0.1, -0.05) is 11.6 Å². The number of nitrogens with zero attached hydrogens (tertiary/aromatic N) is 2. The average Bonchev–Trinajstić information content (AvgIpc) is 2.70. The van der Waals surface area contributed by atoms with Crippen LogP contribution in [-0.4, -0.2) is 56.4 Å². The van der Waals surface area contributed by atoms with Crippen molar-refractivity contribution >= 4 is 33.4 Å². The van der Waals surface area contributed by atoms with Crippen LogP contribution in [0.25, 0.3) is 0 Å². The minimum atomic E-state index is -3.49. The molecule has 0 unspecified atom stereocenters. The number of sulfonamides is 1. The first kappa shape index (κ1) is 20.4. The van der Waals surface area contributed by atoms with E-state index in [4.69, 9.17) is 21.1 Å². The third-order valence-electron chi connectivity index (χ3n) is 3.94. The van der Waals surface area contributed by atoms with Crippen LogP contribution < -0.4 is 4.74 Å². The monoisotopic (exact) mass is 428 g/mol. The Balaban J connectivity index is 1.44. The number of ether oxygens (including phenoxy) is 2. The van der Waals surface area contributed by atoms with Gasteiger partial charge in [-0.05, 0) is 42.8 Å². The first-order valence-corrected chi connectivity index (χ1v) is 11.4. The second kappa shape index (κ2) is 9.75. The van der Waals surface area contributed by atoms with E-state index in [0.717, 1.165) is 22.9 Å². The Kier molecular flexibility index (Phi) is 7.37. The van der Waals surface area contributed by atoms with E-state index >= 15 is 0 Å². The van der Waals surface area contributed by atoms with Crippen molar-refractivity contribution in [2.75, 3.05) is 38.7 Å². The number of aromatic nitrogens is 1. The minimum absolute atomic E-state index is 0.222. The smallest absolute Gasteiger partial charge is 0.244 e. The second-order valence-corrected chi connectivity index (χ2v) is 9.34. The Morgan fingerprint density at radius 1 is 1.15 bits per heavy atom. The minimum Gasteiger partial charge on any atom is -0.494 e. The molecule has 146 valence electrons. The van der Waals surface area contributed by atoms with Crippen LogP contribution in [0, 0.1) is 0 Å². The van der Waals surface area contributed by atoms with Gasteiger partial charge in [0.15, 0.2) is 0 Å². The van der Waals surface area contributed by atoms with E-state index in [9.17, 15) is 8.42 Å². The van der Waals surface area contributed by atoms with Crippen LogP contribution in [0.1, 0.15) is 6.42 Å². The first-order valence-electron chi connectivity index (χ1n) is 8.61. The van der Waals surface area contributed by atoms with Gasteiger partial charge in [-0.15, -0.1) is 11.8 Å². The van der Waals surface area contributed by atoms with E-state index in [0.29, 0.717) is 37.9 Å². The van der Waals surface area contributed by atoms with Crippen molar-refractivity contribution in [3.63, 3.8) is 0 Å². The highest BCUT2D eigenvalue weighted by molar-refractivity contribution is 7.99. The molecule has 6 nitrogen and oxygen atoms in total. The lowest BCUT2D eigenvalue weighted by molar-refractivity contribution is 0.0730. The summed E-state index contributed by atoms with van der Waals surface area (Å²) in [5, 5.41) is 1.48. The number of pyridine rings is 1. The number of halogens is 1. The fourth-order valence-electron chi connectivity index (χ4n) is 2.50. The van der Waals surface area contributed by atoms with E-state index in [1.54, 1.807) is 36.0 Å². The lowest BCUT2D eigenvalue weighted by Gasteiger charge is -2.25. The molecule has 0 bridgehead atoms. The molecule has 27 heavy (non-hydrogen) atoms. The van der Waals surface area contributed by atoms with Gasteiger partial charge in [-0.25, -0.2) is 13.4 Å². The van der Waals surface area contributed by atoms with E-state index in [1.807, 2.05) is 12.1 Å². The van der Waals surface area contributed by atoms with Gasteiger partial charge in [-0.3, -0.25) is 0 Å². The number of hydrogen-bond acceptors (Lipinski definition) is 6. The van der Waals surface area contributed by atoms with Crippen LogP contribution in [0.3, 0.4) is 0 Å². The number of morpholine rings is 1. The summed E-state index contributed by atoms with van der Waals surface area (Å²) in [5.74, 6) is 1.62. The van der Waals surface area contributed by atoms with E-state index in [-0.39, 0.29) is 4.90 Å². The SMILES string of the molecule is O=S(=O)(c1ccc(SCCCOc2ccc(Cl)cc2)nc1)N1CCOCC1. The molecule has 1 aromatic carbocycles. The molecule has 2 heterocycles. The molecule has 0 aliphatic carbocycles. The maximum atomic E-state index is 12.6. The van der Waals surface area contributed by atoms with Gasteiger partial charge in [0.1, 0.15) is 10.6 Å². The maximum Gasteiger partial charge on any atom is 0.244 e. The summed E-state index contributed by atoms with van der Waals surface area (Å²) >= 11 is 7.41. The molecule has 1 aliphatic heterocycles. The summed E-state index contributed by atoms with van der Waals surface area (Å²) in [6.07, 6.45) is 2.28. The summed E-state index contributed by atoms with van der Waals surface area (Å²) in [6, 6.07) is 10.6. The van der Waals surface area contributed by atoms with Crippen molar-refractivity contribution in [3.8, 4) is 5.75 Å². The van der Waals surface area contributed by atoms with Crippen LogP contribution in [-0.2, 0) is 14.8 Å². The Morgan fingerprint density at radius 3 is 2.56 bits per heavy atom. The van der Waals surface area contributed by atoms with Crippen molar-refractivity contribution in [3.05, 3.63) is 47.6 Å². The molecule has 0 atom stereocenters. The summed E-state index contributed by atoms with van der Waals surface area (Å²) in [7, 11) is -3.49. The van der Waals surface area contributed by atoms with E-state index in [2.05, 4.69) is 4.98 Å². The average molecular weight is 429 g/mol. The third kappa shape index (κ3) is 5.83. The molecule has 0 saturated carbocycles. The van der Waals surface area contributed by atoms with Gasteiger partial charge in [0.05, 0.1) is 24.8 Å². The molecule has 1 saturated heterocycles. The van der Waals surface area contributed by atoms with Crippen LogP contribution >= 0.6 is 23.4 Å². The molecule has 1 fully saturated rings. The first-order chi connectivity index (χ1) is 13.1. The van der Waals surface area contributed by atoms with Gasteiger partial charge in [0.25, 0.3) is 0 Å². The lowest BCUT2D eigenvalue weighted by atomic mass is 10.3. The van der Waals surface area contributed by atoms with Gasteiger partial charge < -0.3 is 9.47 Å². The molecule has 3 rings (SSSR count). The maximum absolute atomic E-state index is 12.6. The van der Waals surface area contributed by atoms with Gasteiger partial charge in [0, 0.05) is 30.1 Å². The van der Waals surface area contributed by atoms with Crippen molar-refractivity contribution in [1.82, 2.24) is 9.29 Å². The van der Waals surface area contributed by atoms with Gasteiger partial charge >= 0.3 is 0 Å². The Bertz CT molecular complexity index is 823. The zero-order chi connectivity index (χ0) is 19.1. The molecule has 0 N–H and O–H groups in total.